The van der Waals surface area contributed by atoms with Gasteiger partial charge in [0.05, 0.1) is 15.9 Å². The SMILES string of the molecule is Cc1cc(Br)cc2c(=O)oc(-c3cc(Br)nn3-c3ncccc3Cl)nc12. The molecule has 0 amide bonds. The van der Waals surface area contributed by atoms with Crippen LogP contribution in [0.2, 0.25) is 5.02 Å². The second kappa shape index (κ2) is 6.61. The van der Waals surface area contributed by atoms with E-state index in [1.54, 1.807) is 30.5 Å². The molecule has 0 aliphatic rings. The van der Waals surface area contributed by atoms with Crippen LogP contribution in [0.15, 0.2) is 54.8 Å². The summed E-state index contributed by atoms with van der Waals surface area (Å²) in [6.45, 7) is 1.88. The van der Waals surface area contributed by atoms with Crippen molar-refractivity contribution in [2.24, 2.45) is 0 Å². The number of rotatable bonds is 2. The number of fused-ring (bicyclic) bond motifs is 1. The van der Waals surface area contributed by atoms with Gasteiger partial charge in [0.15, 0.2) is 5.82 Å². The molecule has 0 unspecified atom stereocenters. The Morgan fingerprint density at radius 1 is 1.23 bits per heavy atom. The Hall–Kier alpha value is -2.03. The summed E-state index contributed by atoms with van der Waals surface area (Å²) in [5.74, 6) is 0.541. The highest BCUT2D eigenvalue weighted by Gasteiger charge is 2.19. The Balaban J connectivity index is 2.01. The predicted molar refractivity (Wildman–Crippen MR) is 106 cm³/mol. The van der Waals surface area contributed by atoms with E-state index in [0.29, 0.717) is 32.0 Å². The fraction of sp³-hybridized carbons (Fsp3) is 0.0588. The zero-order chi connectivity index (χ0) is 18.4. The molecule has 4 aromatic rings. The zero-order valence-corrected chi connectivity index (χ0v) is 17.1. The molecule has 26 heavy (non-hydrogen) atoms. The second-order valence-corrected chi connectivity index (χ2v) is 7.63. The molecular weight excluding hydrogens is 487 g/mol. The van der Waals surface area contributed by atoms with Crippen LogP contribution in [0.25, 0.3) is 28.3 Å². The maximum atomic E-state index is 12.5. The minimum atomic E-state index is -0.481. The normalized spacial score (nSPS) is 11.2. The highest BCUT2D eigenvalue weighted by Crippen LogP contribution is 2.28. The molecule has 0 aliphatic carbocycles. The number of pyridine rings is 1. The summed E-state index contributed by atoms with van der Waals surface area (Å²) in [5.41, 5.74) is 1.39. The Labute approximate surface area is 169 Å². The number of benzene rings is 1. The number of hydrogen-bond donors (Lipinski definition) is 0. The maximum absolute atomic E-state index is 12.5. The van der Waals surface area contributed by atoms with Gasteiger partial charge in [0.2, 0.25) is 5.89 Å². The van der Waals surface area contributed by atoms with E-state index in [2.05, 4.69) is 46.9 Å². The van der Waals surface area contributed by atoms with Crippen LogP contribution >= 0.6 is 43.5 Å². The van der Waals surface area contributed by atoms with Crippen LogP contribution in [0, 0.1) is 6.92 Å². The molecule has 0 spiro atoms. The number of aryl methyl sites for hydroxylation is 1. The molecule has 4 rings (SSSR count). The van der Waals surface area contributed by atoms with Crippen LogP contribution in [0.4, 0.5) is 0 Å². The van der Waals surface area contributed by atoms with E-state index in [1.165, 1.54) is 4.68 Å². The lowest BCUT2D eigenvalue weighted by Gasteiger charge is -2.08. The molecule has 0 N–H and O–H groups in total. The molecule has 3 heterocycles. The average Bonchev–Trinajstić information content (AvgIpc) is 2.97. The largest absolute Gasteiger partial charge is 0.401 e. The molecule has 1 aromatic carbocycles. The minimum Gasteiger partial charge on any atom is -0.401 e. The van der Waals surface area contributed by atoms with Crippen molar-refractivity contribution in [1.29, 1.82) is 0 Å². The van der Waals surface area contributed by atoms with Gasteiger partial charge >= 0.3 is 5.63 Å². The molecule has 130 valence electrons. The number of aromatic nitrogens is 4. The topological polar surface area (TPSA) is 73.8 Å². The Morgan fingerprint density at radius 3 is 2.81 bits per heavy atom. The van der Waals surface area contributed by atoms with Crippen molar-refractivity contribution in [3.8, 4) is 17.4 Å². The van der Waals surface area contributed by atoms with Crippen molar-refractivity contribution in [2.45, 2.75) is 6.92 Å². The van der Waals surface area contributed by atoms with E-state index >= 15 is 0 Å². The van der Waals surface area contributed by atoms with E-state index in [1.807, 2.05) is 13.0 Å². The zero-order valence-electron chi connectivity index (χ0n) is 13.2. The van der Waals surface area contributed by atoms with Crippen molar-refractivity contribution in [3.63, 3.8) is 0 Å². The molecule has 0 bridgehead atoms. The fourth-order valence-corrected chi connectivity index (χ4v) is 3.76. The van der Waals surface area contributed by atoms with Crippen molar-refractivity contribution in [2.75, 3.05) is 0 Å². The molecule has 0 saturated carbocycles. The van der Waals surface area contributed by atoms with Gasteiger partial charge < -0.3 is 4.42 Å². The molecule has 0 fully saturated rings. The monoisotopic (exact) mass is 494 g/mol. The Morgan fingerprint density at radius 2 is 2.04 bits per heavy atom. The van der Waals surface area contributed by atoms with Gasteiger partial charge in [-0.2, -0.15) is 5.10 Å². The van der Waals surface area contributed by atoms with Gasteiger partial charge in [-0.25, -0.2) is 19.4 Å². The number of halogens is 3. The number of hydrogen-bond acceptors (Lipinski definition) is 5. The van der Waals surface area contributed by atoms with Crippen molar-refractivity contribution < 1.29 is 4.42 Å². The van der Waals surface area contributed by atoms with Crippen molar-refractivity contribution in [3.05, 3.63) is 66.6 Å². The van der Waals surface area contributed by atoms with Gasteiger partial charge in [-0.15, -0.1) is 0 Å². The van der Waals surface area contributed by atoms with Crippen LogP contribution in [-0.2, 0) is 0 Å². The molecule has 6 nitrogen and oxygen atoms in total. The summed E-state index contributed by atoms with van der Waals surface area (Å²) >= 11 is 13.0. The van der Waals surface area contributed by atoms with Gasteiger partial charge in [-0.3, -0.25) is 0 Å². The first-order valence-corrected chi connectivity index (χ1v) is 9.38. The first kappa shape index (κ1) is 17.4. The molecule has 0 saturated heterocycles. The van der Waals surface area contributed by atoms with Crippen molar-refractivity contribution >= 4 is 54.4 Å². The molecular formula is C17H9Br2ClN4O2. The third kappa shape index (κ3) is 2.98. The summed E-state index contributed by atoms with van der Waals surface area (Å²) in [6, 6.07) is 8.69. The second-order valence-electron chi connectivity index (χ2n) is 5.50. The van der Waals surface area contributed by atoms with Gasteiger partial charge in [-0.1, -0.05) is 27.5 Å². The van der Waals surface area contributed by atoms with Crippen LogP contribution in [-0.4, -0.2) is 19.7 Å². The third-order valence-electron chi connectivity index (χ3n) is 3.73. The lowest BCUT2D eigenvalue weighted by Crippen LogP contribution is -2.08. The smallest absolute Gasteiger partial charge is 0.347 e. The standard InChI is InChI=1S/C17H9Br2ClN4O2/c1-8-5-9(18)6-10-14(8)22-16(26-17(10)25)12-7-13(19)23-24(12)15-11(20)3-2-4-21-15/h2-7H,1H3. The number of nitrogens with zero attached hydrogens (tertiary/aromatic N) is 4. The summed E-state index contributed by atoms with van der Waals surface area (Å²) in [4.78, 5) is 21.3. The first-order chi connectivity index (χ1) is 12.4. The summed E-state index contributed by atoms with van der Waals surface area (Å²) < 4.78 is 8.27. The first-order valence-electron chi connectivity index (χ1n) is 7.42. The van der Waals surface area contributed by atoms with E-state index in [-0.39, 0.29) is 5.89 Å². The fourth-order valence-electron chi connectivity index (χ4n) is 2.62. The van der Waals surface area contributed by atoms with Gasteiger partial charge in [0.1, 0.15) is 10.3 Å². The molecule has 9 heteroatoms. The van der Waals surface area contributed by atoms with Crippen LogP contribution < -0.4 is 5.63 Å². The van der Waals surface area contributed by atoms with Crippen LogP contribution in [0.5, 0.6) is 0 Å². The van der Waals surface area contributed by atoms with E-state index in [4.69, 9.17) is 16.0 Å². The van der Waals surface area contributed by atoms with E-state index in [0.717, 1.165) is 10.0 Å². The van der Waals surface area contributed by atoms with Gasteiger partial charge in [-0.05, 0) is 52.7 Å². The summed E-state index contributed by atoms with van der Waals surface area (Å²) in [6.07, 6.45) is 1.60. The van der Waals surface area contributed by atoms with Gasteiger partial charge in [0.25, 0.3) is 0 Å². The highest BCUT2D eigenvalue weighted by molar-refractivity contribution is 9.10. The summed E-state index contributed by atoms with van der Waals surface area (Å²) in [5, 5.41) is 5.16. The van der Waals surface area contributed by atoms with Crippen molar-refractivity contribution in [1.82, 2.24) is 19.7 Å². The van der Waals surface area contributed by atoms with E-state index < -0.39 is 5.63 Å². The Bertz CT molecular complexity index is 1220. The molecule has 3 aromatic heterocycles. The summed E-state index contributed by atoms with van der Waals surface area (Å²) in [7, 11) is 0. The van der Waals surface area contributed by atoms with Crippen LogP contribution in [0.1, 0.15) is 5.56 Å². The maximum Gasteiger partial charge on any atom is 0.347 e. The lowest BCUT2D eigenvalue weighted by molar-refractivity contribution is 0.513. The third-order valence-corrected chi connectivity index (χ3v) is 4.87. The van der Waals surface area contributed by atoms with E-state index in [9.17, 15) is 4.79 Å². The molecule has 0 atom stereocenters. The molecule has 0 aliphatic heterocycles. The predicted octanol–water partition coefficient (Wildman–Crippen LogP) is 4.92. The van der Waals surface area contributed by atoms with Gasteiger partial charge in [0, 0.05) is 16.7 Å². The Kier molecular flexibility index (Phi) is 4.42. The quantitative estimate of drug-likeness (QED) is 0.394. The van der Waals surface area contributed by atoms with Crippen LogP contribution in [0.3, 0.4) is 0 Å². The molecule has 0 radical (unpaired) electrons. The minimum absolute atomic E-state index is 0.132. The average molecular weight is 497 g/mol. The lowest BCUT2D eigenvalue weighted by atomic mass is 10.1. The highest BCUT2D eigenvalue weighted by atomic mass is 79.9.